The van der Waals surface area contributed by atoms with Crippen LogP contribution in [0.2, 0.25) is 10.0 Å². The van der Waals surface area contributed by atoms with E-state index in [0.29, 0.717) is 39.1 Å². The van der Waals surface area contributed by atoms with Gasteiger partial charge in [0.2, 0.25) is 11.1 Å². The lowest BCUT2D eigenvalue weighted by Crippen LogP contribution is -2.28. The van der Waals surface area contributed by atoms with Crippen LogP contribution in [-0.4, -0.2) is 33.1 Å². The summed E-state index contributed by atoms with van der Waals surface area (Å²) in [7, 11) is 0. The number of nitrogens with one attached hydrogen (secondary N) is 1. The van der Waals surface area contributed by atoms with Crippen molar-refractivity contribution in [2.75, 3.05) is 18.2 Å². The van der Waals surface area contributed by atoms with Crippen LogP contribution in [0.5, 0.6) is 11.5 Å². The Balaban J connectivity index is 1.33. The van der Waals surface area contributed by atoms with Gasteiger partial charge < -0.3 is 20.6 Å². The van der Waals surface area contributed by atoms with Gasteiger partial charge in [-0.05, 0) is 29.8 Å². The van der Waals surface area contributed by atoms with Crippen LogP contribution in [-0.2, 0) is 11.3 Å². The van der Waals surface area contributed by atoms with E-state index in [1.807, 2.05) is 24.3 Å². The van der Waals surface area contributed by atoms with Gasteiger partial charge in [0, 0.05) is 16.6 Å². The molecule has 0 bridgehead atoms. The van der Waals surface area contributed by atoms with E-state index in [-0.39, 0.29) is 18.3 Å². The molecular weight excluding hydrogens is 449 g/mol. The molecule has 1 unspecified atom stereocenters. The van der Waals surface area contributed by atoms with E-state index < -0.39 is 6.10 Å². The molecule has 2 heterocycles. The van der Waals surface area contributed by atoms with Gasteiger partial charge >= 0.3 is 0 Å². The summed E-state index contributed by atoms with van der Waals surface area (Å²) in [4.78, 5) is 12.2. The molecule has 3 aromatic rings. The van der Waals surface area contributed by atoms with Gasteiger partial charge in [-0.25, -0.2) is 4.68 Å². The maximum absolute atomic E-state index is 12.2. The minimum Gasteiger partial charge on any atom is -0.485 e. The number of fused-ring (bicyclic) bond motifs is 1. The molecule has 11 heteroatoms. The zero-order chi connectivity index (χ0) is 21.1. The standard InChI is InChI=1S/C19H17Cl2N5O3S/c20-12-6-5-11(13(21)7-12)8-23-17(27)10-30-19-25-24-18(26(19)22)16-9-28-14-3-1-2-4-15(14)29-16/h1-7,16H,8-10,22H2,(H,23,27). The first-order valence-electron chi connectivity index (χ1n) is 8.93. The van der Waals surface area contributed by atoms with Crippen LogP contribution in [0.15, 0.2) is 47.6 Å². The number of nitrogens with zero attached hydrogens (tertiary/aromatic N) is 3. The summed E-state index contributed by atoms with van der Waals surface area (Å²) in [5.74, 6) is 7.74. The van der Waals surface area contributed by atoms with Gasteiger partial charge in [-0.2, -0.15) is 0 Å². The van der Waals surface area contributed by atoms with Crippen molar-refractivity contribution >= 4 is 40.9 Å². The lowest BCUT2D eigenvalue weighted by atomic mass is 10.2. The molecule has 0 saturated carbocycles. The maximum atomic E-state index is 12.2. The van der Waals surface area contributed by atoms with Crippen molar-refractivity contribution in [3.63, 3.8) is 0 Å². The first-order chi connectivity index (χ1) is 14.5. The van der Waals surface area contributed by atoms with Gasteiger partial charge in [-0.1, -0.05) is 53.2 Å². The molecule has 2 aromatic carbocycles. The number of carbonyl (C=O) groups is 1. The third-order valence-corrected chi connectivity index (χ3v) is 5.84. The van der Waals surface area contributed by atoms with E-state index >= 15 is 0 Å². The first kappa shape index (κ1) is 20.6. The van der Waals surface area contributed by atoms with E-state index in [1.54, 1.807) is 18.2 Å². The Bertz CT molecular complexity index is 1080. The highest BCUT2D eigenvalue weighted by Crippen LogP contribution is 2.35. The number of carbonyl (C=O) groups excluding carboxylic acids is 1. The van der Waals surface area contributed by atoms with E-state index in [0.717, 1.165) is 5.56 Å². The quantitative estimate of drug-likeness (QED) is 0.425. The second-order valence-electron chi connectivity index (χ2n) is 6.38. The Morgan fingerprint density at radius 2 is 2.03 bits per heavy atom. The topological polar surface area (TPSA) is 104 Å². The molecule has 1 amide bonds. The average molecular weight is 466 g/mol. The predicted octanol–water partition coefficient (Wildman–Crippen LogP) is 3.22. The summed E-state index contributed by atoms with van der Waals surface area (Å²) < 4.78 is 12.9. The molecule has 30 heavy (non-hydrogen) atoms. The Morgan fingerprint density at radius 3 is 2.83 bits per heavy atom. The van der Waals surface area contributed by atoms with Crippen LogP contribution in [0, 0.1) is 0 Å². The molecule has 1 aromatic heterocycles. The van der Waals surface area contributed by atoms with E-state index in [1.165, 1.54) is 16.4 Å². The zero-order valence-electron chi connectivity index (χ0n) is 15.5. The molecule has 0 saturated heterocycles. The summed E-state index contributed by atoms with van der Waals surface area (Å²) in [6.07, 6.45) is -0.493. The fraction of sp³-hybridized carbons (Fsp3) is 0.211. The van der Waals surface area contributed by atoms with Crippen molar-refractivity contribution in [2.45, 2.75) is 17.8 Å². The molecule has 1 aliphatic rings. The largest absolute Gasteiger partial charge is 0.485 e. The Labute approximate surface area is 186 Å². The summed E-state index contributed by atoms with van der Waals surface area (Å²) >= 11 is 13.2. The fourth-order valence-corrected chi connectivity index (χ4v) is 3.96. The number of hydrogen-bond donors (Lipinski definition) is 2. The summed E-state index contributed by atoms with van der Waals surface area (Å²) in [5.41, 5.74) is 0.776. The highest BCUT2D eigenvalue weighted by atomic mass is 35.5. The number of hydrogen-bond acceptors (Lipinski definition) is 7. The molecule has 156 valence electrons. The van der Waals surface area contributed by atoms with Gasteiger partial charge in [0.05, 0.1) is 5.75 Å². The van der Waals surface area contributed by atoms with E-state index in [2.05, 4.69) is 15.5 Å². The van der Waals surface area contributed by atoms with Crippen molar-refractivity contribution in [1.29, 1.82) is 0 Å². The minimum absolute atomic E-state index is 0.116. The molecule has 0 spiro atoms. The molecule has 0 fully saturated rings. The van der Waals surface area contributed by atoms with Crippen LogP contribution in [0.3, 0.4) is 0 Å². The van der Waals surface area contributed by atoms with Crippen molar-refractivity contribution in [3.8, 4) is 11.5 Å². The molecule has 4 rings (SSSR count). The number of nitrogens with two attached hydrogens (primary N) is 1. The highest BCUT2D eigenvalue weighted by Gasteiger charge is 2.28. The number of amides is 1. The molecule has 0 radical (unpaired) electrons. The summed E-state index contributed by atoms with van der Waals surface area (Å²) in [6.45, 7) is 0.558. The van der Waals surface area contributed by atoms with Crippen molar-refractivity contribution in [1.82, 2.24) is 20.2 Å². The number of halogens is 2. The number of rotatable bonds is 6. The van der Waals surface area contributed by atoms with Crippen LogP contribution >= 0.6 is 35.0 Å². The molecule has 1 atom stereocenters. The lowest BCUT2D eigenvalue weighted by Gasteiger charge is -2.25. The maximum Gasteiger partial charge on any atom is 0.230 e. The average Bonchev–Trinajstić information content (AvgIpc) is 3.11. The summed E-state index contributed by atoms with van der Waals surface area (Å²) in [6, 6.07) is 12.5. The molecule has 3 N–H and O–H groups in total. The number of nitrogen functional groups attached to an aromatic ring is 1. The zero-order valence-corrected chi connectivity index (χ0v) is 17.9. The number of benzene rings is 2. The monoisotopic (exact) mass is 465 g/mol. The van der Waals surface area contributed by atoms with Gasteiger partial charge in [-0.3, -0.25) is 4.79 Å². The van der Waals surface area contributed by atoms with Crippen LogP contribution in [0.1, 0.15) is 17.5 Å². The molecule has 1 aliphatic heterocycles. The van der Waals surface area contributed by atoms with Crippen molar-refractivity contribution < 1.29 is 14.3 Å². The fourth-order valence-electron chi connectivity index (χ4n) is 2.79. The highest BCUT2D eigenvalue weighted by molar-refractivity contribution is 7.99. The third kappa shape index (κ3) is 4.58. The van der Waals surface area contributed by atoms with Gasteiger partial charge in [0.15, 0.2) is 23.4 Å². The lowest BCUT2D eigenvalue weighted by molar-refractivity contribution is -0.118. The first-order valence-corrected chi connectivity index (χ1v) is 10.7. The second kappa shape index (κ2) is 9.03. The summed E-state index contributed by atoms with van der Waals surface area (Å²) in [5, 5.41) is 12.4. The van der Waals surface area contributed by atoms with Gasteiger partial charge in [0.25, 0.3) is 0 Å². The number of ether oxygens (including phenoxy) is 2. The molecule has 8 nitrogen and oxygen atoms in total. The SMILES string of the molecule is Nn1c(SCC(=O)NCc2ccc(Cl)cc2Cl)nnc1C1COc2ccccc2O1. The number of thioether (sulfide) groups is 1. The van der Waals surface area contributed by atoms with Crippen LogP contribution in [0.25, 0.3) is 0 Å². The molecule has 0 aliphatic carbocycles. The molecular formula is C19H17Cl2N5O3S. The van der Waals surface area contributed by atoms with Crippen molar-refractivity contribution in [3.05, 3.63) is 63.9 Å². The van der Waals surface area contributed by atoms with Gasteiger partial charge in [0.1, 0.15) is 6.61 Å². The Morgan fingerprint density at radius 1 is 1.23 bits per heavy atom. The second-order valence-corrected chi connectivity index (χ2v) is 8.16. The number of para-hydroxylation sites is 2. The van der Waals surface area contributed by atoms with Gasteiger partial charge in [-0.15, -0.1) is 10.2 Å². The Hall–Kier alpha value is -2.62. The smallest absolute Gasteiger partial charge is 0.230 e. The van der Waals surface area contributed by atoms with Crippen molar-refractivity contribution in [2.24, 2.45) is 0 Å². The van der Waals surface area contributed by atoms with E-state index in [9.17, 15) is 4.79 Å². The van der Waals surface area contributed by atoms with Crippen LogP contribution in [0.4, 0.5) is 0 Å². The minimum atomic E-state index is -0.493. The van der Waals surface area contributed by atoms with Crippen LogP contribution < -0.4 is 20.6 Å². The normalized spacial score (nSPS) is 15.1. The number of aromatic nitrogens is 3. The third-order valence-electron chi connectivity index (χ3n) is 4.31. The van der Waals surface area contributed by atoms with E-state index in [4.69, 9.17) is 38.5 Å². The Kier molecular flexibility index (Phi) is 6.21. The predicted molar refractivity (Wildman–Crippen MR) is 115 cm³/mol.